The van der Waals surface area contributed by atoms with Crippen LogP contribution in [0.1, 0.15) is 59.5 Å². The number of carbonyl (C=O) groups excluding carboxylic acids is 1. The number of hydrogen-bond acceptors (Lipinski definition) is 2. The Morgan fingerprint density at radius 1 is 1.04 bits per heavy atom. The second kappa shape index (κ2) is 8.01. The van der Waals surface area contributed by atoms with Gasteiger partial charge in [-0.3, -0.25) is 4.79 Å². The molecule has 144 valence electrons. The Kier molecular flexibility index (Phi) is 5.29. The number of carbonyl (C=O) groups is 1. The van der Waals surface area contributed by atoms with E-state index in [1.165, 1.54) is 12.0 Å². The van der Waals surface area contributed by atoms with Gasteiger partial charge in [-0.1, -0.05) is 66.6 Å². The third kappa shape index (κ3) is 3.72. The Bertz CT molecular complexity index is 958. The van der Waals surface area contributed by atoms with Gasteiger partial charge >= 0.3 is 0 Å². The molecule has 2 aromatic carbocycles. The summed E-state index contributed by atoms with van der Waals surface area (Å²) in [4.78, 5) is 18.0. The van der Waals surface area contributed by atoms with Gasteiger partial charge in [-0.15, -0.1) is 0 Å². The van der Waals surface area contributed by atoms with Gasteiger partial charge in [-0.05, 0) is 38.7 Å². The standard InChI is InChI=1S/C24H27N3O/c1-17-12-14-20(15-13-17)23-26-22(21-11-7-4-8-16-27(21)23)24(28)25-18(2)19-9-5-3-6-10-19/h3,5-6,9-10,12-15,18H,4,7-8,11,16H2,1-2H3,(H,25,28)/t18-/m0/s1. The fourth-order valence-electron chi connectivity index (χ4n) is 3.91. The first kappa shape index (κ1) is 18.5. The Morgan fingerprint density at radius 2 is 1.79 bits per heavy atom. The Morgan fingerprint density at radius 3 is 2.54 bits per heavy atom. The van der Waals surface area contributed by atoms with Gasteiger partial charge in [-0.25, -0.2) is 4.98 Å². The molecule has 4 heteroatoms. The lowest BCUT2D eigenvalue weighted by Gasteiger charge is -2.14. The van der Waals surface area contributed by atoms with E-state index in [2.05, 4.69) is 41.1 Å². The first-order valence-corrected chi connectivity index (χ1v) is 10.2. The normalized spacial score (nSPS) is 14.8. The summed E-state index contributed by atoms with van der Waals surface area (Å²) in [6.07, 6.45) is 4.33. The van der Waals surface area contributed by atoms with Crippen molar-refractivity contribution in [2.24, 2.45) is 0 Å². The van der Waals surface area contributed by atoms with E-state index in [-0.39, 0.29) is 11.9 Å². The third-order valence-corrected chi connectivity index (χ3v) is 5.54. The highest BCUT2D eigenvalue weighted by Crippen LogP contribution is 2.28. The molecule has 0 aliphatic carbocycles. The van der Waals surface area contributed by atoms with Crippen LogP contribution in [0.4, 0.5) is 0 Å². The molecule has 0 unspecified atom stereocenters. The minimum atomic E-state index is -0.0830. The lowest BCUT2D eigenvalue weighted by Crippen LogP contribution is -2.28. The number of benzene rings is 2. The van der Waals surface area contributed by atoms with Crippen molar-refractivity contribution in [3.8, 4) is 11.4 Å². The zero-order valence-electron chi connectivity index (χ0n) is 16.6. The van der Waals surface area contributed by atoms with Crippen molar-refractivity contribution < 1.29 is 4.79 Å². The van der Waals surface area contributed by atoms with Gasteiger partial charge in [0.05, 0.1) is 11.7 Å². The van der Waals surface area contributed by atoms with Gasteiger partial charge in [0, 0.05) is 12.1 Å². The van der Waals surface area contributed by atoms with Crippen molar-refractivity contribution in [3.63, 3.8) is 0 Å². The van der Waals surface area contributed by atoms with Crippen LogP contribution in [0.3, 0.4) is 0 Å². The van der Waals surface area contributed by atoms with Gasteiger partial charge in [-0.2, -0.15) is 0 Å². The van der Waals surface area contributed by atoms with Gasteiger partial charge < -0.3 is 9.88 Å². The number of aromatic nitrogens is 2. The maximum Gasteiger partial charge on any atom is 0.272 e. The van der Waals surface area contributed by atoms with E-state index in [9.17, 15) is 4.79 Å². The fourth-order valence-corrected chi connectivity index (χ4v) is 3.91. The molecule has 1 aliphatic heterocycles. The van der Waals surface area contributed by atoms with Crippen molar-refractivity contribution in [1.82, 2.24) is 14.9 Å². The van der Waals surface area contributed by atoms with Crippen LogP contribution in [0.25, 0.3) is 11.4 Å². The molecule has 0 bridgehead atoms. The molecule has 0 spiro atoms. The molecule has 4 nitrogen and oxygen atoms in total. The highest BCUT2D eigenvalue weighted by molar-refractivity contribution is 5.94. The second-order valence-corrected chi connectivity index (χ2v) is 7.66. The lowest BCUT2D eigenvalue weighted by atomic mass is 10.1. The van der Waals surface area contributed by atoms with Crippen LogP contribution < -0.4 is 5.32 Å². The summed E-state index contributed by atoms with van der Waals surface area (Å²) in [6.45, 7) is 5.02. The van der Waals surface area contributed by atoms with E-state index in [1.807, 2.05) is 37.3 Å². The molecule has 1 amide bonds. The summed E-state index contributed by atoms with van der Waals surface area (Å²) < 4.78 is 2.26. The molecule has 4 rings (SSSR count). The number of hydrogen-bond donors (Lipinski definition) is 1. The summed E-state index contributed by atoms with van der Waals surface area (Å²) in [5.74, 6) is 0.828. The average Bonchev–Trinajstić information content (AvgIpc) is 2.90. The van der Waals surface area contributed by atoms with Crippen LogP contribution in [0.2, 0.25) is 0 Å². The van der Waals surface area contributed by atoms with Crippen LogP contribution in [-0.4, -0.2) is 15.5 Å². The number of nitrogens with zero attached hydrogens (tertiary/aromatic N) is 2. The van der Waals surface area contributed by atoms with E-state index in [0.29, 0.717) is 5.69 Å². The van der Waals surface area contributed by atoms with Gasteiger partial charge in [0.1, 0.15) is 11.5 Å². The molecule has 1 atom stereocenters. The van der Waals surface area contributed by atoms with Crippen LogP contribution in [0, 0.1) is 6.92 Å². The molecule has 1 aliphatic rings. The largest absolute Gasteiger partial charge is 0.344 e. The SMILES string of the molecule is Cc1ccc(-c2nc(C(=O)N[C@@H](C)c3ccccc3)c3n2CCCCC3)cc1. The molecule has 1 aromatic heterocycles. The first-order valence-electron chi connectivity index (χ1n) is 10.2. The topological polar surface area (TPSA) is 46.9 Å². The van der Waals surface area contributed by atoms with E-state index >= 15 is 0 Å². The molecule has 28 heavy (non-hydrogen) atoms. The van der Waals surface area contributed by atoms with Gasteiger partial charge in [0.2, 0.25) is 0 Å². The number of amides is 1. The number of imidazole rings is 1. The second-order valence-electron chi connectivity index (χ2n) is 7.66. The summed E-state index contributed by atoms with van der Waals surface area (Å²) in [5, 5.41) is 3.14. The summed E-state index contributed by atoms with van der Waals surface area (Å²) in [5.41, 5.74) is 5.05. The van der Waals surface area contributed by atoms with Crippen molar-refractivity contribution in [2.45, 2.75) is 52.1 Å². The Hall–Kier alpha value is -2.88. The number of rotatable bonds is 4. The minimum Gasteiger partial charge on any atom is -0.344 e. The van der Waals surface area contributed by atoms with E-state index < -0.39 is 0 Å². The molecule has 1 N–H and O–H groups in total. The average molecular weight is 374 g/mol. The quantitative estimate of drug-likeness (QED) is 0.693. The summed E-state index contributed by atoms with van der Waals surface area (Å²) in [6, 6.07) is 18.4. The molecule has 0 fully saturated rings. The van der Waals surface area contributed by atoms with Crippen LogP contribution in [-0.2, 0) is 13.0 Å². The van der Waals surface area contributed by atoms with Crippen molar-refractivity contribution in [2.75, 3.05) is 0 Å². The first-order chi connectivity index (χ1) is 13.6. The van der Waals surface area contributed by atoms with Crippen LogP contribution >= 0.6 is 0 Å². The van der Waals surface area contributed by atoms with Crippen molar-refractivity contribution >= 4 is 5.91 Å². The van der Waals surface area contributed by atoms with Gasteiger partial charge in [0.25, 0.3) is 5.91 Å². The Balaban J connectivity index is 1.68. The van der Waals surface area contributed by atoms with Crippen LogP contribution in [0.5, 0.6) is 0 Å². The molecule has 0 radical (unpaired) electrons. The summed E-state index contributed by atoms with van der Waals surface area (Å²) in [7, 11) is 0. The number of nitrogens with one attached hydrogen (secondary N) is 1. The molecular weight excluding hydrogens is 346 g/mol. The van der Waals surface area contributed by atoms with E-state index in [4.69, 9.17) is 4.98 Å². The van der Waals surface area contributed by atoms with E-state index in [0.717, 1.165) is 48.5 Å². The maximum atomic E-state index is 13.1. The highest BCUT2D eigenvalue weighted by atomic mass is 16.2. The summed E-state index contributed by atoms with van der Waals surface area (Å²) >= 11 is 0. The predicted octanol–water partition coefficient (Wildman–Crippen LogP) is 5.08. The molecule has 0 saturated heterocycles. The molecule has 2 heterocycles. The lowest BCUT2D eigenvalue weighted by molar-refractivity contribution is 0.0934. The highest BCUT2D eigenvalue weighted by Gasteiger charge is 2.25. The van der Waals surface area contributed by atoms with Crippen molar-refractivity contribution in [1.29, 1.82) is 0 Å². The van der Waals surface area contributed by atoms with E-state index in [1.54, 1.807) is 0 Å². The monoisotopic (exact) mass is 373 g/mol. The molecular formula is C24H27N3O. The zero-order chi connectivity index (χ0) is 19.5. The maximum absolute atomic E-state index is 13.1. The van der Waals surface area contributed by atoms with Crippen LogP contribution in [0.15, 0.2) is 54.6 Å². The zero-order valence-corrected chi connectivity index (χ0v) is 16.6. The predicted molar refractivity (Wildman–Crippen MR) is 112 cm³/mol. The minimum absolute atomic E-state index is 0.0559. The number of aryl methyl sites for hydroxylation is 1. The third-order valence-electron chi connectivity index (χ3n) is 5.54. The van der Waals surface area contributed by atoms with Crippen molar-refractivity contribution in [3.05, 3.63) is 77.1 Å². The van der Waals surface area contributed by atoms with Gasteiger partial charge in [0.15, 0.2) is 0 Å². The Labute approximate surface area is 166 Å². The fraction of sp³-hybridized carbons (Fsp3) is 0.333. The smallest absolute Gasteiger partial charge is 0.272 e. The molecule has 3 aromatic rings. The molecule has 0 saturated carbocycles. The number of fused-ring (bicyclic) bond motifs is 1.